The van der Waals surface area contributed by atoms with Gasteiger partial charge in [-0.15, -0.1) is 23.5 Å². The van der Waals surface area contributed by atoms with Crippen molar-refractivity contribution in [3.8, 4) is 0 Å². The fourth-order valence-electron chi connectivity index (χ4n) is 2.60. The SMILES string of the molecule is CCN(CC(=O)NC(C)(C)C)C(=O)c1ccc(C2SCCCS2)cc1. The van der Waals surface area contributed by atoms with Crippen molar-refractivity contribution >= 4 is 35.3 Å². The van der Waals surface area contributed by atoms with Crippen LogP contribution in [0.25, 0.3) is 0 Å². The Labute approximate surface area is 159 Å². The highest BCUT2D eigenvalue weighted by Gasteiger charge is 2.21. The summed E-state index contributed by atoms with van der Waals surface area (Å²) in [5.41, 5.74) is 1.61. The molecule has 1 saturated heterocycles. The van der Waals surface area contributed by atoms with E-state index >= 15 is 0 Å². The van der Waals surface area contributed by atoms with Crippen molar-refractivity contribution in [1.29, 1.82) is 0 Å². The van der Waals surface area contributed by atoms with Crippen LogP contribution in [0.2, 0.25) is 0 Å². The van der Waals surface area contributed by atoms with E-state index in [1.165, 1.54) is 23.5 Å². The van der Waals surface area contributed by atoms with Crippen LogP contribution in [0.5, 0.6) is 0 Å². The monoisotopic (exact) mass is 380 g/mol. The molecule has 0 aromatic heterocycles. The van der Waals surface area contributed by atoms with E-state index in [9.17, 15) is 9.59 Å². The first-order valence-corrected chi connectivity index (χ1v) is 10.8. The van der Waals surface area contributed by atoms with Crippen LogP contribution in [-0.2, 0) is 4.79 Å². The summed E-state index contributed by atoms with van der Waals surface area (Å²) in [6.07, 6.45) is 1.27. The molecule has 138 valence electrons. The highest BCUT2D eigenvalue weighted by Crippen LogP contribution is 2.43. The topological polar surface area (TPSA) is 49.4 Å². The number of carbonyl (C=O) groups is 2. The molecule has 0 aliphatic carbocycles. The van der Waals surface area contributed by atoms with Crippen molar-refractivity contribution < 1.29 is 9.59 Å². The second-order valence-electron chi connectivity index (χ2n) is 7.17. The summed E-state index contributed by atoms with van der Waals surface area (Å²) in [4.78, 5) is 26.4. The van der Waals surface area contributed by atoms with Crippen molar-refractivity contribution in [3.63, 3.8) is 0 Å². The minimum absolute atomic E-state index is 0.0860. The Hall–Kier alpha value is -1.14. The highest BCUT2D eigenvalue weighted by molar-refractivity contribution is 8.16. The molecular formula is C19H28N2O2S2. The lowest BCUT2D eigenvalue weighted by Gasteiger charge is -2.25. The summed E-state index contributed by atoms with van der Waals surface area (Å²) in [6, 6.07) is 7.87. The molecule has 0 saturated carbocycles. The fraction of sp³-hybridized carbons (Fsp3) is 0.579. The van der Waals surface area contributed by atoms with Gasteiger partial charge in [-0.3, -0.25) is 9.59 Å². The fourth-order valence-corrected chi connectivity index (χ4v) is 5.50. The summed E-state index contributed by atoms with van der Waals surface area (Å²) in [5.74, 6) is 2.17. The summed E-state index contributed by atoms with van der Waals surface area (Å²) in [6.45, 7) is 8.29. The third-order valence-electron chi connectivity index (χ3n) is 3.77. The Morgan fingerprint density at radius 1 is 1.16 bits per heavy atom. The predicted molar refractivity (Wildman–Crippen MR) is 108 cm³/mol. The van der Waals surface area contributed by atoms with Crippen LogP contribution in [-0.4, -0.2) is 46.8 Å². The summed E-state index contributed by atoms with van der Waals surface area (Å²) in [7, 11) is 0. The Morgan fingerprint density at radius 3 is 2.28 bits per heavy atom. The number of hydrogen-bond donors (Lipinski definition) is 1. The Balaban J connectivity index is 2.00. The molecule has 1 aromatic rings. The van der Waals surface area contributed by atoms with E-state index in [1.807, 2.05) is 75.5 Å². The molecule has 0 bridgehead atoms. The minimum Gasteiger partial charge on any atom is -0.350 e. The third kappa shape index (κ3) is 6.26. The maximum atomic E-state index is 12.7. The van der Waals surface area contributed by atoms with Crippen LogP contribution in [0.1, 0.15) is 54.6 Å². The van der Waals surface area contributed by atoms with Gasteiger partial charge in [0.05, 0.1) is 11.1 Å². The van der Waals surface area contributed by atoms with E-state index in [-0.39, 0.29) is 23.9 Å². The number of amides is 2. The molecular weight excluding hydrogens is 352 g/mol. The maximum absolute atomic E-state index is 12.7. The molecule has 2 amide bonds. The van der Waals surface area contributed by atoms with Crippen molar-refractivity contribution in [2.24, 2.45) is 0 Å². The van der Waals surface area contributed by atoms with Crippen LogP contribution >= 0.6 is 23.5 Å². The lowest BCUT2D eigenvalue weighted by Crippen LogP contribution is -2.47. The van der Waals surface area contributed by atoms with E-state index in [1.54, 1.807) is 4.90 Å². The van der Waals surface area contributed by atoms with Crippen LogP contribution in [0, 0.1) is 0 Å². The van der Waals surface area contributed by atoms with Crippen molar-refractivity contribution in [1.82, 2.24) is 10.2 Å². The van der Waals surface area contributed by atoms with Gasteiger partial charge in [0, 0.05) is 17.6 Å². The second kappa shape index (κ2) is 8.99. The predicted octanol–water partition coefficient (Wildman–Crippen LogP) is 3.93. The molecule has 25 heavy (non-hydrogen) atoms. The van der Waals surface area contributed by atoms with E-state index in [4.69, 9.17) is 0 Å². The van der Waals surface area contributed by atoms with Gasteiger partial charge in [-0.05, 0) is 63.3 Å². The minimum atomic E-state index is -0.295. The number of benzene rings is 1. The van der Waals surface area contributed by atoms with Gasteiger partial charge in [0.2, 0.25) is 5.91 Å². The molecule has 1 aliphatic heterocycles. The quantitative estimate of drug-likeness (QED) is 0.841. The number of carbonyl (C=O) groups excluding carboxylic acids is 2. The largest absolute Gasteiger partial charge is 0.350 e. The molecule has 6 heteroatoms. The average molecular weight is 381 g/mol. The summed E-state index contributed by atoms with van der Waals surface area (Å²) in [5, 5.41) is 2.90. The number of nitrogens with one attached hydrogen (secondary N) is 1. The summed E-state index contributed by atoms with van der Waals surface area (Å²) >= 11 is 3.94. The van der Waals surface area contributed by atoms with Crippen LogP contribution in [0.4, 0.5) is 0 Å². The van der Waals surface area contributed by atoms with Crippen molar-refractivity contribution in [2.45, 2.75) is 44.2 Å². The van der Waals surface area contributed by atoms with Crippen molar-refractivity contribution in [2.75, 3.05) is 24.6 Å². The van der Waals surface area contributed by atoms with E-state index in [2.05, 4.69) is 5.32 Å². The molecule has 1 heterocycles. The number of likely N-dealkylation sites (N-methyl/N-ethyl adjacent to an activating group) is 1. The van der Waals surface area contributed by atoms with Gasteiger partial charge >= 0.3 is 0 Å². The first kappa shape index (κ1) is 20.2. The molecule has 0 spiro atoms. The Kier molecular flexibility index (Phi) is 7.25. The molecule has 0 radical (unpaired) electrons. The lowest BCUT2D eigenvalue weighted by atomic mass is 10.1. The van der Waals surface area contributed by atoms with Crippen LogP contribution < -0.4 is 5.32 Å². The van der Waals surface area contributed by atoms with Gasteiger partial charge in [-0.1, -0.05) is 12.1 Å². The molecule has 1 fully saturated rings. The van der Waals surface area contributed by atoms with E-state index in [0.717, 1.165) is 0 Å². The Morgan fingerprint density at radius 2 is 1.76 bits per heavy atom. The molecule has 1 aliphatic rings. The van der Waals surface area contributed by atoms with Gasteiger partial charge in [-0.2, -0.15) is 0 Å². The first-order valence-electron chi connectivity index (χ1n) is 8.73. The number of hydrogen-bond acceptors (Lipinski definition) is 4. The Bertz CT molecular complexity index is 590. The van der Waals surface area contributed by atoms with Crippen LogP contribution in [0.15, 0.2) is 24.3 Å². The highest BCUT2D eigenvalue weighted by atomic mass is 32.2. The van der Waals surface area contributed by atoms with Gasteiger partial charge in [0.25, 0.3) is 5.91 Å². The number of nitrogens with zero attached hydrogens (tertiary/aromatic N) is 1. The standard InChI is InChI=1S/C19H28N2O2S2/c1-5-21(13-16(22)20-19(2,3)4)17(23)14-7-9-15(10-8-14)18-24-11-6-12-25-18/h7-10,18H,5-6,11-13H2,1-4H3,(H,20,22). The smallest absolute Gasteiger partial charge is 0.254 e. The molecule has 4 nitrogen and oxygen atoms in total. The zero-order valence-electron chi connectivity index (χ0n) is 15.5. The lowest BCUT2D eigenvalue weighted by molar-refractivity contribution is -0.123. The summed E-state index contributed by atoms with van der Waals surface area (Å²) < 4.78 is 0.470. The molecule has 1 N–H and O–H groups in total. The third-order valence-corrected chi connectivity index (χ3v) is 6.79. The second-order valence-corrected chi connectivity index (χ2v) is 9.89. The molecule has 0 unspecified atom stereocenters. The molecule has 1 aromatic carbocycles. The maximum Gasteiger partial charge on any atom is 0.254 e. The van der Waals surface area contributed by atoms with E-state index < -0.39 is 0 Å². The van der Waals surface area contributed by atoms with Crippen LogP contribution in [0.3, 0.4) is 0 Å². The first-order chi connectivity index (χ1) is 11.8. The molecule has 2 rings (SSSR count). The van der Waals surface area contributed by atoms with Crippen molar-refractivity contribution in [3.05, 3.63) is 35.4 Å². The van der Waals surface area contributed by atoms with Gasteiger partial charge in [0.1, 0.15) is 0 Å². The zero-order valence-corrected chi connectivity index (χ0v) is 17.1. The number of thioether (sulfide) groups is 2. The number of rotatable bonds is 5. The van der Waals surface area contributed by atoms with Gasteiger partial charge in [0.15, 0.2) is 0 Å². The normalized spacial score (nSPS) is 15.7. The van der Waals surface area contributed by atoms with Gasteiger partial charge in [-0.25, -0.2) is 0 Å². The average Bonchev–Trinajstić information content (AvgIpc) is 2.58. The zero-order chi connectivity index (χ0) is 18.4. The van der Waals surface area contributed by atoms with E-state index in [0.29, 0.717) is 16.7 Å². The molecule has 0 atom stereocenters. The van der Waals surface area contributed by atoms with Gasteiger partial charge < -0.3 is 10.2 Å².